The Morgan fingerprint density at radius 1 is 1.19 bits per heavy atom. The molecule has 1 unspecified atom stereocenters. The van der Waals surface area contributed by atoms with Gasteiger partial charge in [0, 0.05) is 0 Å². The van der Waals surface area contributed by atoms with Crippen LogP contribution in [0.5, 0.6) is 0 Å². The largest absolute Gasteiger partial charge is 0.320 e. The first kappa shape index (κ1) is 13.2. The van der Waals surface area contributed by atoms with Crippen molar-refractivity contribution in [1.82, 2.24) is 5.32 Å². The Morgan fingerprint density at radius 3 is 2.38 bits per heavy atom. The molecule has 0 spiro atoms. The lowest BCUT2D eigenvalue weighted by molar-refractivity contribution is 0.459. The van der Waals surface area contributed by atoms with Gasteiger partial charge in [-0.1, -0.05) is 37.6 Å². The number of hydrogen-bond acceptors (Lipinski definition) is 1. The van der Waals surface area contributed by atoms with Crippen molar-refractivity contribution < 1.29 is 0 Å². The maximum atomic E-state index is 3.25. The van der Waals surface area contributed by atoms with Crippen molar-refractivity contribution in [3.05, 3.63) is 34.9 Å². The fourth-order valence-corrected chi connectivity index (χ4v) is 2.39. The van der Waals surface area contributed by atoms with Crippen molar-refractivity contribution in [3.63, 3.8) is 0 Å². The van der Waals surface area contributed by atoms with Gasteiger partial charge in [0.15, 0.2) is 0 Å². The molecular weight excluding hydrogens is 194 g/mol. The van der Waals surface area contributed by atoms with Crippen LogP contribution < -0.4 is 5.32 Å². The van der Waals surface area contributed by atoms with Crippen LogP contribution in [0.2, 0.25) is 0 Å². The van der Waals surface area contributed by atoms with Crippen LogP contribution in [0.3, 0.4) is 0 Å². The number of aryl methyl sites for hydroxylation is 2. The zero-order chi connectivity index (χ0) is 12.1. The van der Waals surface area contributed by atoms with E-state index in [-0.39, 0.29) is 0 Å². The Hall–Kier alpha value is -0.820. The molecule has 0 amide bonds. The first-order valence-corrected chi connectivity index (χ1v) is 6.28. The first-order valence-electron chi connectivity index (χ1n) is 6.28. The van der Waals surface area contributed by atoms with Crippen LogP contribution in [0.1, 0.15) is 42.9 Å². The van der Waals surface area contributed by atoms with Gasteiger partial charge in [-0.3, -0.25) is 0 Å². The van der Waals surface area contributed by atoms with Crippen molar-refractivity contribution in [1.29, 1.82) is 0 Å². The summed E-state index contributed by atoms with van der Waals surface area (Å²) in [6, 6.07) is 6.84. The van der Waals surface area contributed by atoms with Crippen molar-refractivity contribution in [3.8, 4) is 0 Å². The predicted molar refractivity (Wildman–Crippen MR) is 72.0 cm³/mol. The molecule has 0 bridgehead atoms. The number of nitrogens with one attached hydrogen (secondary N) is 1. The predicted octanol–water partition coefficient (Wildman–Crippen LogP) is 3.65. The lowest BCUT2D eigenvalue weighted by atomic mass is 9.83. The van der Waals surface area contributed by atoms with E-state index in [0.717, 1.165) is 6.54 Å². The summed E-state index contributed by atoms with van der Waals surface area (Å²) in [5.41, 5.74) is 4.32. The lowest BCUT2D eigenvalue weighted by Crippen LogP contribution is -2.16. The van der Waals surface area contributed by atoms with E-state index in [1.165, 1.54) is 23.1 Å². The fourth-order valence-electron chi connectivity index (χ4n) is 2.39. The van der Waals surface area contributed by atoms with Crippen LogP contribution in [0.4, 0.5) is 0 Å². The Morgan fingerprint density at radius 2 is 1.88 bits per heavy atom. The maximum Gasteiger partial charge on any atom is -0.00460 e. The second-order valence-corrected chi connectivity index (χ2v) is 5.10. The minimum Gasteiger partial charge on any atom is -0.320 e. The number of rotatable bonds is 5. The Bertz CT molecular complexity index is 328. The van der Waals surface area contributed by atoms with Crippen LogP contribution in [0, 0.1) is 19.8 Å². The average molecular weight is 219 g/mol. The summed E-state index contributed by atoms with van der Waals surface area (Å²) in [4.78, 5) is 0. The van der Waals surface area contributed by atoms with Gasteiger partial charge in [-0.15, -0.1) is 0 Å². The third-order valence-electron chi connectivity index (χ3n) is 3.33. The zero-order valence-corrected chi connectivity index (χ0v) is 11.3. The summed E-state index contributed by atoms with van der Waals surface area (Å²) in [6.45, 7) is 10.1. The van der Waals surface area contributed by atoms with Crippen molar-refractivity contribution in [2.24, 2.45) is 5.92 Å². The molecule has 0 fully saturated rings. The molecule has 1 atom stereocenters. The SMILES string of the molecule is CNCCC(c1ccc(C)cc1C)C(C)C. The van der Waals surface area contributed by atoms with Crippen LogP contribution in [-0.2, 0) is 0 Å². The quantitative estimate of drug-likeness (QED) is 0.797. The van der Waals surface area contributed by atoms with Gasteiger partial charge in [-0.25, -0.2) is 0 Å². The van der Waals surface area contributed by atoms with Gasteiger partial charge >= 0.3 is 0 Å². The second kappa shape index (κ2) is 6.05. The maximum absolute atomic E-state index is 3.25. The highest BCUT2D eigenvalue weighted by Gasteiger charge is 2.16. The molecule has 0 saturated heterocycles. The highest BCUT2D eigenvalue weighted by atomic mass is 14.8. The molecular formula is C15H25N. The fraction of sp³-hybridized carbons (Fsp3) is 0.600. The molecule has 0 radical (unpaired) electrons. The van der Waals surface area contributed by atoms with Gasteiger partial charge in [-0.05, 0) is 56.8 Å². The minimum absolute atomic E-state index is 0.674. The summed E-state index contributed by atoms with van der Waals surface area (Å²) in [5, 5.41) is 3.25. The van der Waals surface area contributed by atoms with Crippen LogP contribution in [-0.4, -0.2) is 13.6 Å². The van der Waals surface area contributed by atoms with Gasteiger partial charge < -0.3 is 5.32 Å². The summed E-state index contributed by atoms with van der Waals surface area (Å²) in [5.74, 6) is 1.38. The molecule has 90 valence electrons. The first-order chi connectivity index (χ1) is 7.56. The van der Waals surface area contributed by atoms with Crippen LogP contribution >= 0.6 is 0 Å². The zero-order valence-electron chi connectivity index (χ0n) is 11.3. The van der Waals surface area contributed by atoms with E-state index in [4.69, 9.17) is 0 Å². The normalized spacial score (nSPS) is 13.1. The van der Waals surface area contributed by atoms with Gasteiger partial charge in [0.25, 0.3) is 0 Å². The van der Waals surface area contributed by atoms with E-state index in [1.807, 2.05) is 7.05 Å². The van der Waals surface area contributed by atoms with Gasteiger partial charge in [-0.2, -0.15) is 0 Å². The highest BCUT2D eigenvalue weighted by molar-refractivity contribution is 5.33. The van der Waals surface area contributed by atoms with Crippen molar-refractivity contribution in [2.45, 2.75) is 40.0 Å². The summed E-state index contributed by atoms with van der Waals surface area (Å²) >= 11 is 0. The summed E-state index contributed by atoms with van der Waals surface area (Å²) in [7, 11) is 2.03. The van der Waals surface area contributed by atoms with Gasteiger partial charge in [0.1, 0.15) is 0 Å². The molecule has 1 nitrogen and oxygen atoms in total. The Labute approximate surface area is 100 Å². The smallest absolute Gasteiger partial charge is 0.00460 e. The van der Waals surface area contributed by atoms with Crippen molar-refractivity contribution >= 4 is 0 Å². The standard InChI is InChI=1S/C15H25N/c1-11(2)14(8-9-16-5)15-7-6-12(3)10-13(15)4/h6-7,10-11,14,16H,8-9H2,1-5H3. The molecule has 1 aromatic carbocycles. The topological polar surface area (TPSA) is 12.0 Å². The number of benzene rings is 1. The van der Waals surface area contributed by atoms with Gasteiger partial charge in [0.2, 0.25) is 0 Å². The second-order valence-electron chi connectivity index (χ2n) is 5.10. The molecule has 1 rings (SSSR count). The van der Waals surface area contributed by atoms with Gasteiger partial charge in [0.05, 0.1) is 0 Å². The number of hydrogen-bond donors (Lipinski definition) is 1. The molecule has 1 aromatic rings. The van der Waals surface area contributed by atoms with E-state index >= 15 is 0 Å². The third-order valence-corrected chi connectivity index (χ3v) is 3.33. The lowest BCUT2D eigenvalue weighted by Gasteiger charge is -2.23. The molecule has 0 aliphatic carbocycles. The van der Waals surface area contributed by atoms with Crippen molar-refractivity contribution in [2.75, 3.05) is 13.6 Å². The monoisotopic (exact) mass is 219 g/mol. The minimum atomic E-state index is 0.674. The molecule has 0 heterocycles. The Kier molecular flexibility index (Phi) is 5.01. The van der Waals surface area contributed by atoms with E-state index in [2.05, 4.69) is 51.2 Å². The van der Waals surface area contributed by atoms with Crippen LogP contribution in [0.15, 0.2) is 18.2 Å². The van der Waals surface area contributed by atoms with E-state index in [0.29, 0.717) is 11.8 Å². The van der Waals surface area contributed by atoms with E-state index in [9.17, 15) is 0 Å². The van der Waals surface area contributed by atoms with E-state index < -0.39 is 0 Å². The summed E-state index contributed by atoms with van der Waals surface area (Å²) < 4.78 is 0. The highest BCUT2D eigenvalue weighted by Crippen LogP contribution is 2.30. The molecule has 1 N–H and O–H groups in total. The van der Waals surface area contributed by atoms with E-state index in [1.54, 1.807) is 0 Å². The summed E-state index contributed by atoms with van der Waals surface area (Å²) in [6.07, 6.45) is 1.22. The third kappa shape index (κ3) is 3.34. The average Bonchev–Trinajstić information content (AvgIpc) is 2.20. The Balaban J connectivity index is 2.92. The molecule has 0 saturated carbocycles. The van der Waals surface area contributed by atoms with Crippen LogP contribution in [0.25, 0.3) is 0 Å². The molecule has 0 aliphatic heterocycles. The molecule has 0 aliphatic rings. The molecule has 16 heavy (non-hydrogen) atoms. The molecule has 1 heteroatoms. The molecule has 0 aromatic heterocycles.